The van der Waals surface area contributed by atoms with Gasteiger partial charge in [-0.05, 0) is 55.0 Å². The summed E-state index contributed by atoms with van der Waals surface area (Å²) >= 11 is 1.62. The van der Waals surface area contributed by atoms with E-state index >= 15 is 0 Å². The van der Waals surface area contributed by atoms with Gasteiger partial charge in [0.1, 0.15) is 12.4 Å². The molecule has 2 heterocycles. The van der Waals surface area contributed by atoms with E-state index in [-0.39, 0.29) is 29.6 Å². The number of benzene rings is 2. The van der Waals surface area contributed by atoms with Crippen LogP contribution in [0.25, 0.3) is 0 Å². The number of nitrogens with one attached hydrogen (secondary N) is 1. The molecule has 3 aromatic rings. The molecule has 0 saturated heterocycles. The van der Waals surface area contributed by atoms with E-state index in [0.717, 1.165) is 16.1 Å². The van der Waals surface area contributed by atoms with Crippen molar-refractivity contribution in [3.63, 3.8) is 0 Å². The Morgan fingerprint density at radius 2 is 1.90 bits per heavy atom. The molecular weight excluding hydrogens is 516 g/mol. The lowest BCUT2D eigenvalue weighted by molar-refractivity contribution is -0.385. The quantitative estimate of drug-likeness (QED) is 0.218. The molecule has 2 aliphatic rings. The minimum absolute atomic E-state index is 0.0284. The number of nitro benzene ring substituents is 1. The number of carbonyl (C=O) groups excluding carboxylic acids is 2. The molecule has 1 aliphatic carbocycles. The number of ketones is 1. The van der Waals surface area contributed by atoms with E-state index in [1.807, 2.05) is 29.6 Å². The maximum Gasteiger partial charge on any atom is 0.337 e. The van der Waals surface area contributed by atoms with Crippen LogP contribution < -0.4 is 10.1 Å². The third-order valence-electron chi connectivity index (χ3n) is 7.29. The first-order valence-electron chi connectivity index (χ1n) is 12.6. The Kier molecular flexibility index (Phi) is 7.34. The third kappa shape index (κ3) is 5.22. The average Bonchev–Trinajstić information content (AvgIpc) is 3.46. The molecular formula is C30H28N2O6S. The number of hydrogen-bond donors (Lipinski definition) is 1. The van der Waals surface area contributed by atoms with Crippen LogP contribution in [0.15, 0.2) is 82.5 Å². The molecule has 0 bridgehead atoms. The van der Waals surface area contributed by atoms with Crippen molar-refractivity contribution in [1.82, 2.24) is 5.32 Å². The minimum Gasteiger partial charge on any atom is -0.497 e. The second-order valence-corrected chi connectivity index (χ2v) is 10.7. The summed E-state index contributed by atoms with van der Waals surface area (Å²) in [7, 11) is 1.58. The maximum absolute atomic E-state index is 13.7. The van der Waals surface area contributed by atoms with Gasteiger partial charge in [0.25, 0.3) is 5.69 Å². The minimum atomic E-state index is -0.777. The molecule has 2 unspecified atom stereocenters. The van der Waals surface area contributed by atoms with Crippen molar-refractivity contribution in [2.24, 2.45) is 0 Å². The number of aryl methyl sites for hydroxylation is 1. The number of carbonyl (C=O) groups is 2. The second kappa shape index (κ2) is 10.9. The van der Waals surface area contributed by atoms with Gasteiger partial charge >= 0.3 is 5.97 Å². The summed E-state index contributed by atoms with van der Waals surface area (Å²) in [6.07, 6.45) is 0.913. The molecule has 1 N–H and O–H groups in total. The standard InChI is InChI=1S/C30H28N2O6S/c1-17-6-9-20(14-24(17)32(35)36)28-27(30(34)38-16-19-7-10-22(37-3)11-8-19)18(2)31-23-13-21(15-25(33)29(23)28)26-5-4-12-39-26/h4-12,14,21,28,31H,13,15-16H2,1-3H3. The largest absolute Gasteiger partial charge is 0.497 e. The van der Waals surface area contributed by atoms with Gasteiger partial charge in [0.15, 0.2) is 5.78 Å². The fourth-order valence-corrected chi connectivity index (χ4v) is 6.15. The number of nitrogens with zero attached hydrogens (tertiary/aromatic N) is 1. The number of hydrogen-bond acceptors (Lipinski definition) is 8. The Labute approximate surface area is 230 Å². The first kappa shape index (κ1) is 26.4. The lowest BCUT2D eigenvalue weighted by Crippen LogP contribution is -2.36. The molecule has 0 saturated carbocycles. The number of thiophene rings is 1. The lowest BCUT2D eigenvalue weighted by Gasteiger charge is -2.36. The molecule has 2 atom stereocenters. The van der Waals surface area contributed by atoms with Crippen LogP contribution in [0.5, 0.6) is 5.75 Å². The van der Waals surface area contributed by atoms with Crippen LogP contribution in [0.1, 0.15) is 53.2 Å². The zero-order valence-corrected chi connectivity index (χ0v) is 22.7. The van der Waals surface area contributed by atoms with E-state index < -0.39 is 16.8 Å². The number of allylic oxidation sites excluding steroid dienone is 3. The average molecular weight is 545 g/mol. The van der Waals surface area contributed by atoms with Gasteiger partial charge < -0.3 is 14.8 Å². The molecule has 200 valence electrons. The zero-order valence-electron chi connectivity index (χ0n) is 21.9. The van der Waals surface area contributed by atoms with Crippen LogP contribution in [-0.4, -0.2) is 23.8 Å². The van der Waals surface area contributed by atoms with Gasteiger partial charge in [-0.15, -0.1) is 11.3 Å². The molecule has 0 amide bonds. The van der Waals surface area contributed by atoms with E-state index in [0.29, 0.717) is 41.0 Å². The molecule has 8 nitrogen and oxygen atoms in total. The van der Waals surface area contributed by atoms with Crippen molar-refractivity contribution in [3.8, 4) is 5.75 Å². The van der Waals surface area contributed by atoms with Crippen molar-refractivity contribution < 1.29 is 24.0 Å². The highest BCUT2D eigenvalue weighted by Crippen LogP contribution is 2.47. The smallest absolute Gasteiger partial charge is 0.337 e. The number of Topliss-reactive ketones (excluding diaryl/α,β-unsaturated/α-hetero) is 1. The van der Waals surface area contributed by atoms with Crippen molar-refractivity contribution in [1.29, 1.82) is 0 Å². The van der Waals surface area contributed by atoms with Gasteiger partial charge in [-0.1, -0.05) is 30.3 Å². The zero-order chi connectivity index (χ0) is 27.7. The van der Waals surface area contributed by atoms with Gasteiger partial charge in [-0.25, -0.2) is 4.79 Å². The number of ether oxygens (including phenoxy) is 2. The summed E-state index contributed by atoms with van der Waals surface area (Å²) in [5, 5.41) is 17.1. The molecule has 2 aromatic carbocycles. The van der Waals surface area contributed by atoms with Crippen LogP contribution in [0.2, 0.25) is 0 Å². The monoisotopic (exact) mass is 544 g/mol. The maximum atomic E-state index is 13.7. The van der Waals surface area contributed by atoms with Gasteiger partial charge in [-0.2, -0.15) is 0 Å². The van der Waals surface area contributed by atoms with Crippen molar-refractivity contribution in [2.45, 2.75) is 45.1 Å². The molecule has 0 spiro atoms. The van der Waals surface area contributed by atoms with Crippen LogP contribution in [0.3, 0.4) is 0 Å². The number of nitro groups is 1. The van der Waals surface area contributed by atoms with E-state index in [4.69, 9.17) is 9.47 Å². The predicted molar refractivity (Wildman–Crippen MR) is 148 cm³/mol. The van der Waals surface area contributed by atoms with Crippen LogP contribution in [-0.2, 0) is 20.9 Å². The van der Waals surface area contributed by atoms with Crippen LogP contribution in [0, 0.1) is 17.0 Å². The van der Waals surface area contributed by atoms with Gasteiger partial charge in [0, 0.05) is 51.7 Å². The normalized spacial score (nSPS) is 18.9. The highest BCUT2D eigenvalue weighted by atomic mass is 32.1. The molecule has 0 fully saturated rings. The summed E-state index contributed by atoms with van der Waals surface area (Å²) in [4.78, 5) is 39.8. The summed E-state index contributed by atoms with van der Waals surface area (Å²) in [5.41, 5.74) is 3.82. The summed E-state index contributed by atoms with van der Waals surface area (Å²) in [5.74, 6) is -0.710. The lowest BCUT2D eigenvalue weighted by atomic mass is 9.72. The van der Waals surface area contributed by atoms with Crippen molar-refractivity contribution in [3.05, 3.63) is 114 Å². The fraction of sp³-hybridized carbons (Fsp3) is 0.267. The van der Waals surface area contributed by atoms with Crippen LogP contribution >= 0.6 is 11.3 Å². The molecule has 39 heavy (non-hydrogen) atoms. The Morgan fingerprint density at radius 3 is 2.56 bits per heavy atom. The van der Waals surface area contributed by atoms with Gasteiger partial charge in [-0.3, -0.25) is 14.9 Å². The topological polar surface area (TPSA) is 108 Å². The second-order valence-electron chi connectivity index (χ2n) is 9.76. The summed E-state index contributed by atoms with van der Waals surface area (Å²) in [6.45, 7) is 3.47. The van der Waals surface area contributed by atoms with Crippen molar-refractivity contribution in [2.75, 3.05) is 7.11 Å². The highest BCUT2D eigenvalue weighted by Gasteiger charge is 2.42. The molecule has 1 aromatic heterocycles. The first-order valence-corrected chi connectivity index (χ1v) is 13.5. The third-order valence-corrected chi connectivity index (χ3v) is 8.32. The fourth-order valence-electron chi connectivity index (χ4n) is 5.32. The van der Waals surface area contributed by atoms with Crippen LogP contribution in [0.4, 0.5) is 5.69 Å². The molecule has 5 rings (SSSR count). The molecule has 1 aliphatic heterocycles. The predicted octanol–water partition coefficient (Wildman–Crippen LogP) is 6.08. The SMILES string of the molecule is COc1ccc(COC(=O)C2=C(C)NC3=C(C(=O)CC(c4cccs4)C3)C2c2ccc(C)c([N+](=O)[O-])c2)cc1. The number of rotatable bonds is 7. The van der Waals surface area contributed by atoms with E-state index in [9.17, 15) is 19.7 Å². The highest BCUT2D eigenvalue weighted by molar-refractivity contribution is 7.10. The Balaban J connectivity index is 1.53. The van der Waals surface area contributed by atoms with E-state index in [2.05, 4.69) is 5.32 Å². The van der Waals surface area contributed by atoms with Gasteiger partial charge in [0.05, 0.1) is 17.6 Å². The number of dihydropyridines is 1. The summed E-state index contributed by atoms with van der Waals surface area (Å²) < 4.78 is 10.9. The Hall–Kier alpha value is -4.24. The first-order chi connectivity index (χ1) is 18.8. The molecule has 0 radical (unpaired) electrons. The molecule has 9 heteroatoms. The van der Waals surface area contributed by atoms with E-state index in [1.54, 1.807) is 56.6 Å². The van der Waals surface area contributed by atoms with Crippen molar-refractivity contribution >= 4 is 28.8 Å². The van der Waals surface area contributed by atoms with E-state index in [1.165, 1.54) is 6.07 Å². The Bertz CT molecular complexity index is 1500. The summed E-state index contributed by atoms with van der Waals surface area (Å²) in [6, 6.07) is 16.1. The number of methoxy groups -OCH3 is 1. The van der Waals surface area contributed by atoms with Gasteiger partial charge in [0.2, 0.25) is 0 Å². The number of esters is 1. The Morgan fingerprint density at radius 1 is 1.13 bits per heavy atom.